The molecule has 0 saturated heterocycles. The van der Waals surface area contributed by atoms with E-state index in [1.807, 2.05) is 54.7 Å². The maximum Gasteiger partial charge on any atom is 0.309 e. The fraction of sp³-hybridized carbons (Fsp3) is 0.778. The zero-order valence-electron chi connectivity index (χ0n) is 30.2. The van der Waals surface area contributed by atoms with E-state index in [2.05, 4.69) is 69.2 Å². The molecule has 9 heteroatoms. The van der Waals surface area contributed by atoms with Crippen LogP contribution in [0.5, 0.6) is 0 Å². The van der Waals surface area contributed by atoms with E-state index in [-0.39, 0.29) is 68.9 Å². The van der Waals surface area contributed by atoms with Gasteiger partial charge in [0.25, 0.3) is 0 Å². The second kappa shape index (κ2) is 23.6. The van der Waals surface area contributed by atoms with Gasteiger partial charge in [-0.1, -0.05) is 78.3 Å². The highest BCUT2D eigenvalue weighted by molar-refractivity contribution is 5.85. The number of carbonyl (C=O) groups is 2. The monoisotopic (exact) mass is 660 g/mol. The molecule has 0 spiro atoms. The van der Waals surface area contributed by atoms with Gasteiger partial charge in [0.05, 0.1) is 25.0 Å². The van der Waals surface area contributed by atoms with Gasteiger partial charge in [0, 0.05) is 32.8 Å². The normalized spacial score (nSPS) is 15.5. The van der Waals surface area contributed by atoms with E-state index in [1.54, 1.807) is 14.2 Å². The Morgan fingerprint density at radius 3 is 1.58 bits per heavy atom. The van der Waals surface area contributed by atoms with Crippen LogP contribution in [0.15, 0.2) is 30.3 Å². The quantitative estimate of drug-likeness (QED) is 0.181. The topological polar surface area (TPSA) is 86.3 Å². The summed E-state index contributed by atoms with van der Waals surface area (Å²) in [6.45, 7) is 20.8. The highest BCUT2D eigenvalue weighted by atomic mass is 35.5. The molecule has 266 valence electrons. The Bertz CT molecular complexity index is 903. The maximum atomic E-state index is 12.3. The molecule has 0 aliphatic rings. The van der Waals surface area contributed by atoms with Crippen LogP contribution >= 0.6 is 12.4 Å². The molecule has 0 aliphatic carbocycles. The SMILES string of the molecule is C.CC[C@H](C)[C@@H]([C@@H](CC(=O)OC(C)(C)C)OC)N(C)Cc1ccccc1.CC[C@H](C)[C@H](NC)[C@@H](CC(=O)OC(C)(C)C)OC.Cl. The van der Waals surface area contributed by atoms with Gasteiger partial charge in [-0.15, -0.1) is 12.4 Å². The van der Waals surface area contributed by atoms with Crippen LogP contribution in [-0.4, -0.2) is 80.6 Å². The van der Waals surface area contributed by atoms with Gasteiger partial charge in [0.15, 0.2) is 0 Å². The summed E-state index contributed by atoms with van der Waals surface area (Å²) in [5, 5.41) is 3.24. The van der Waals surface area contributed by atoms with Crippen LogP contribution in [0.4, 0.5) is 0 Å². The summed E-state index contributed by atoms with van der Waals surface area (Å²) in [6.07, 6.45) is 2.27. The molecule has 0 radical (unpaired) electrons. The van der Waals surface area contributed by atoms with Crippen LogP contribution in [0.3, 0.4) is 0 Å². The average Bonchev–Trinajstić information content (AvgIpc) is 2.90. The number of hydrogen-bond donors (Lipinski definition) is 1. The molecule has 0 aromatic heterocycles. The van der Waals surface area contributed by atoms with Crippen molar-refractivity contribution in [2.24, 2.45) is 11.8 Å². The van der Waals surface area contributed by atoms with Crippen molar-refractivity contribution in [2.45, 2.75) is 144 Å². The van der Waals surface area contributed by atoms with Crippen LogP contribution < -0.4 is 5.32 Å². The largest absolute Gasteiger partial charge is 0.460 e. The molecule has 0 unspecified atom stereocenters. The first-order valence-electron chi connectivity index (χ1n) is 15.8. The first-order valence-corrected chi connectivity index (χ1v) is 15.8. The van der Waals surface area contributed by atoms with Crippen molar-refractivity contribution in [1.29, 1.82) is 0 Å². The lowest BCUT2D eigenvalue weighted by Crippen LogP contribution is -2.47. The Labute approximate surface area is 283 Å². The highest BCUT2D eigenvalue weighted by Gasteiger charge is 2.33. The number of nitrogens with one attached hydrogen (secondary N) is 1. The van der Waals surface area contributed by atoms with Gasteiger partial charge in [0.1, 0.15) is 11.2 Å². The first-order chi connectivity index (χ1) is 19.9. The van der Waals surface area contributed by atoms with Crippen LogP contribution in [0, 0.1) is 11.8 Å². The van der Waals surface area contributed by atoms with Gasteiger partial charge >= 0.3 is 11.9 Å². The lowest BCUT2D eigenvalue weighted by Gasteiger charge is -2.37. The molecule has 0 amide bonds. The molecule has 0 heterocycles. The van der Waals surface area contributed by atoms with Gasteiger partial charge in [0.2, 0.25) is 0 Å². The van der Waals surface area contributed by atoms with E-state index >= 15 is 0 Å². The molecule has 1 rings (SSSR count). The van der Waals surface area contributed by atoms with Gasteiger partial charge in [-0.3, -0.25) is 14.5 Å². The summed E-state index contributed by atoms with van der Waals surface area (Å²) >= 11 is 0. The van der Waals surface area contributed by atoms with Crippen molar-refractivity contribution in [3.8, 4) is 0 Å². The lowest BCUT2D eigenvalue weighted by molar-refractivity contribution is -0.160. The molecular weight excluding hydrogens is 592 g/mol. The van der Waals surface area contributed by atoms with Crippen molar-refractivity contribution in [1.82, 2.24) is 10.2 Å². The van der Waals surface area contributed by atoms with Crippen LogP contribution in [-0.2, 0) is 35.1 Å². The Morgan fingerprint density at radius 1 is 0.800 bits per heavy atom. The fourth-order valence-electron chi connectivity index (χ4n) is 5.19. The van der Waals surface area contributed by atoms with Gasteiger partial charge in [-0.2, -0.15) is 0 Å². The van der Waals surface area contributed by atoms with E-state index in [4.69, 9.17) is 18.9 Å². The number of rotatable bonds is 16. The van der Waals surface area contributed by atoms with Crippen molar-refractivity contribution in [2.75, 3.05) is 28.3 Å². The van der Waals surface area contributed by atoms with Crippen molar-refractivity contribution >= 4 is 24.3 Å². The van der Waals surface area contributed by atoms with E-state index in [1.165, 1.54) is 5.56 Å². The van der Waals surface area contributed by atoms with E-state index < -0.39 is 11.2 Å². The van der Waals surface area contributed by atoms with Crippen molar-refractivity contribution in [3.05, 3.63) is 35.9 Å². The minimum Gasteiger partial charge on any atom is -0.460 e. The standard InChI is InChI=1S/C21H35NO3.C14H29NO3.CH4.ClH/c1-8-16(2)20(22(6)15-17-12-10-9-11-13-17)18(24-7)14-19(23)25-21(3,4)5;1-8-10(2)13(15-6)11(17-7)9-12(16)18-14(3,4)5;;/h9-13,16,18,20H,8,14-15H2,1-7H3;10-11,13,15H,8-9H2,1-7H3;1H4;1H/t16-,18+,20-;10-,11+,13-;;/m00../s1. The minimum absolute atomic E-state index is 0. The zero-order valence-corrected chi connectivity index (χ0v) is 31.0. The second-order valence-corrected chi connectivity index (χ2v) is 13.6. The third kappa shape index (κ3) is 20.2. The molecular formula is C36H69ClN2O6. The van der Waals surface area contributed by atoms with Crippen LogP contribution in [0.1, 0.15) is 108 Å². The molecule has 6 atom stereocenters. The highest BCUT2D eigenvalue weighted by Crippen LogP contribution is 2.24. The Kier molecular flexibility index (Phi) is 25.0. The number of nitrogens with zero attached hydrogens (tertiary/aromatic N) is 1. The Morgan fingerprint density at radius 2 is 1.22 bits per heavy atom. The molecule has 0 bridgehead atoms. The molecule has 1 aromatic rings. The maximum absolute atomic E-state index is 12.3. The number of benzene rings is 1. The number of halogens is 1. The second-order valence-electron chi connectivity index (χ2n) is 13.6. The number of esters is 2. The average molecular weight is 661 g/mol. The number of ether oxygens (including phenoxy) is 4. The van der Waals surface area contributed by atoms with Gasteiger partial charge < -0.3 is 24.3 Å². The minimum atomic E-state index is -0.475. The summed E-state index contributed by atoms with van der Waals surface area (Å²) in [7, 11) is 7.32. The van der Waals surface area contributed by atoms with Crippen LogP contribution in [0.25, 0.3) is 0 Å². The van der Waals surface area contributed by atoms with Gasteiger partial charge in [-0.05, 0) is 73.0 Å². The summed E-state index contributed by atoms with van der Waals surface area (Å²) in [6, 6.07) is 10.7. The smallest absolute Gasteiger partial charge is 0.309 e. The van der Waals surface area contributed by atoms with Crippen LogP contribution in [0.2, 0.25) is 0 Å². The summed E-state index contributed by atoms with van der Waals surface area (Å²) in [5.41, 5.74) is 0.336. The molecule has 0 aliphatic heterocycles. The predicted octanol–water partition coefficient (Wildman–Crippen LogP) is 7.71. The summed E-state index contributed by atoms with van der Waals surface area (Å²) < 4.78 is 22.0. The third-order valence-electron chi connectivity index (χ3n) is 7.56. The lowest BCUT2D eigenvalue weighted by atomic mass is 9.91. The molecule has 0 saturated carbocycles. The van der Waals surface area contributed by atoms with E-state index in [9.17, 15) is 9.59 Å². The fourth-order valence-corrected chi connectivity index (χ4v) is 5.19. The van der Waals surface area contributed by atoms with Crippen molar-refractivity contribution in [3.63, 3.8) is 0 Å². The summed E-state index contributed by atoms with van der Waals surface area (Å²) in [4.78, 5) is 26.4. The molecule has 8 nitrogen and oxygen atoms in total. The number of hydrogen-bond acceptors (Lipinski definition) is 8. The molecule has 1 aromatic carbocycles. The molecule has 1 N–H and O–H groups in total. The predicted molar refractivity (Wildman–Crippen MR) is 190 cm³/mol. The summed E-state index contributed by atoms with van der Waals surface area (Å²) in [5.74, 6) is 0.433. The Balaban J connectivity index is -0.000000789. The Hall–Kier alpha value is -1.71. The third-order valence-corrected chi connectivity index (χ3v) is 7.56. The van der Waals surface area contributed by atoms with E-state index in [0.717, 1.165) is 19.4 Å². The van der Waals surface area contributed by atoms with Gasteiger partial charge in [-0.25, -0.2) is 0 Å². The first kappa shape index (κ1) is 47.7. The van der Waals surface area contributed by atoms with E-state index in [0.29, 0.717) is 11.8 Å². The number of likely N-dealkylation sites (N-methyl/N-ethyl adjacent to an activating group) is 2. The van der Waals surface area contributed by atoms with Crippen molar-refractivity contribution < 1.29 is 28.5 Å². The number of methoxy groups -OCH3 is 2. The molecule has 0 fully saturated rings. The number of carbonyl (C=O) groups excluding carboxylic acids is 2. The zero-order chi connectivity index (χ0) is 33.4. The molecule has 45 heavy (non-hydrogen) atoms.